The summed E-state index contributed by atoms with van der Waals surface area (Å²) in [5, 5.41) is 8.47. The van der Waals surface area contributed by atoms with Crippen molar-refractivity contribution in [1.29, 1.82) is 0 Å². The summed E-state index contributed by atoms with van der Waals surface area (Å²) in [5.41, 5.74) is 0. The topological polar surface area (TPSA) is 74.7 Å². The van der Waals surface area contributed by atoms with Crippen molar-refractivity contribution in [3.8, 4) is 0 Å². The van der Waals surface area contributed by atoms with Crippen LogP contribution in [0.15, 0.2) is 0 Å². The van der Waals surface area contributed by atoms with Crippen LogP contribution in [0.25, 0.3) is 0 Å². The van der Waals surface area contributed by atoms with E-state index in [4.69, 9.17) is 0 Å². The van der Waals surface area contributed by atoms with Crippen molar-refractivity contribution in [2.24, 2.45) is 5.92 Å². The first-order valence-corrected chi connectivity index (χ1v) is 8.72. The van der Waals surface area contributed by atoms with Crippen molar-refractivity contribution >= 4 is 16.0 Å². The van der Waals surface area contributed by atoms with Gasteiger partial charge in [0.15, 0.2) is 0 Å². The Kier molecular flexibility index (Phi) is 4.50. The summed E-state index contributed by atoms with van der Waals surface area (Å²) in [4.78, 5) is 11.2. The van der Waals surface area contributed by atoms with E-state index in [0.29, 0.717) is 25.8 Å². The van der Waals surface area contributed by atoms with Gasteiger partial charge in [-0.25, -0.2) is 8.42 Å². The van der Waals surface area contributed by atoms with Gasteiger partial charge in [-0.15, -0.1) is 0 Å². The van der Waals surface area contributed by atoms with Crippen LogP contribution in [0.3, 0.4) is 0 Å². The zero-order valence-electron chi connectivity index (χ0n) is 11.4. The van der Waals surface area contributed by atoms with Gasteiger partial charge in [-0.05, 0) is 25.7 Å². The predicted molar refractivity (Wildman–Crippen MR) is 72.3 cm³/mol. The summed E-state index contributed by atoms with van der Waals surface area (Å²) in [5.74, 6) is -1.69. The molecule has 5 nitrogen and oxygen atoms in total. The third kappa shape index (κ3) is 2.79. The van der Waals surface area contributed by atoms with E-state index in [0.717, 1.165) is 25.7 Å². The van der Waals surface area contributed by atoms with Crippen molar-refractivity contribution in [3.63, 3.8) is 0 Å². The molecule has 2 fully saturated rings. The summed E-state index contributed by atoms with van der Waals surface area (Å²) >= 11 is 0. The summed E-state index contributed by atoms with van der Waals surface area (Å²) in [7, 11) is -3.48. The molecule has 0 amide bonds. The van der Waals surface area contributed by atoms with Crippen LogP contribution in [0.2, 0.25) is 0 Å². The zero-order chi connectivity index (χ0) is 14.0. The van der Waals surface area contributed by atoms with E-state index in [1.165, 1.54) is 0 Å². The van der Waals surface area contributed by atoms with E-state index >= 15 is 0 Å². The highest BCUT2D eigenvalue weighted by molar-refractivity contribution is 7.89. The van der Waals surface area contributed by atoms with E-state index in [2.05, 4.69) is 0 Å². The van der Waals surface area contributed by atoms with Crippen LogP contribution in [0.5, 0.6) is 0 Å². The molecule has 0 aliphatic heterocycles. The second kappa shape index (κ2) is 5.79. The molecule has 0 spiro atoms. The van der Waals surface area contributed by atoms with Crippen LogP contribution in [0.4, 0.5) is 0 Å². The first-order valence-electron chi connectivity index (χ1n) is 7.22. The van der Waals surface area contributed by atoms with Gasteiger partial charge in [0.25, 0.3) is 0 Å². The van der Waals surface area contributed by atoms with Crippen LogP contribution >= 0.6 is 0 Å². The average Bonchev–Trinajstić information content (AvgIpc) is 3.00. The third-order valence-electron chi connectivity index (χ3n) is 4.52. The zero-order valence-corrected chi connectivity index (χ0v) is 12.2. The fourth-order valence-electron chi connectivity index (χ4n) is 3.58. The molecule has 2 atom stereocenters. The standard InChI is InChI=1S/C13H23NO4S/c1-2-14(10-6-3-4-7-10)19(17,18)12-9-5-8-11(12)13(15)16/h10-12H,2-9H2,1H3,(H,15,16). The van der Waals surface area contributed by atoms with E-state index in [-0.39, 0.29) is 6.04 Å². The summed E-state index contributed by atoms with van der Waals surface area (Å²) in [6.45, 7) is 2.30. The minimum Gasteiger partial charge on any atom is -0.481 e. The number of carbonyl (C=O) groups is 1. The normalized spacial score (nSPS) is 29.2. The molecule has 0 aromatic carbocycles. The number of nitrogens with zero attached hydrogens (tertiary/aromatic N) is 1. The molecule has 2 aliphatic rings. The Labute approximate surface area is 115 Å². The summed E-state index contributed by atoms with van der Waals surface area (Å²) in [6.07, 6.45) is 5.65. The smallest absolute Gasteiger partial charge is 0.307 e. The van der Waals surface area contributed by atoms with Crippen LogP contribution in [-0.2, 0) is 14.8 Å². The Balaban J connectivity index is 2.21. The molecule has 0 aromatic rings. The Bertz CT molecular complexity index is 428. The van der Waals surface area contributed by atoms with E-state index in [1.54, 1.807) is 4.31 Å². The van der Waals surface area contributed by atoms with Gasteiger partial charge in [0.05, 0.1) is 11.2 Å². The maximum atomic E-state index is 12.7. The first kappa shape index (κ1) is 14.8. The minimum atomic E-state index is -3.48. The van der Waals surface area contributed by atoms with Crippen molar-refractivity contribution in [1.82, 2.24) is 4.31 Å². The highest BCUT2D eigenvalue weighted by atomic mass is 32.2. The lowest BCUT2D eigenvalue weighted by Gasteiger charge is -2.31. The molecule has 0 saturated heterocycles. The molecular weight excluding hydrogens is 266 g/mol. The Morgan fingerprint density at radius 1 is 1.16 bits per heavy atom. The summed E-state index contributed by atoms with van der Waals surface area (Å²) < 4.78 is 27.0. The molecule has 110 valence electrons. The fourth-order valence-corrected chi connectivity index (χ4v) is 6.04. The quantitative estimate of drug-likeness (QED) is 0.838. The second-order valence-electron chi connectivity index (χ2n) is 5.60. The molecule has 0 radical (unpaired) electrons. The summed E-state index contributed by atoms with van der Waals surface area (Å²) in [6, 6.07) is 0.0880. The number of carboxylic acids is 1. The van der Waals surface area contributed by atoms with Crippen molar-refractivity contribution in [2.45, 2.75) is 63.2 Å². The van der Waals surface area contributed by atoms with Gasteiger partial charge in [-0.3, -0.25) is 4.79 Å². The van der Waals surface area contributed by atoms with Crippen LogP contribution in [-0.4, -0.2) is 41.6 Å². The number of hydrogen-bond donors (Lipinski definition) is 1. The highest BCUT2D eigenvalue weighted by Crippen LogP contribution is 2.36. The molecule has 0 aromatic heterocycles. The van der Waals surface area contributed by atoms with E-state index < -0.39 is 27.2 Å². The molecule has 2 saturated carbocycles. The highest BCUT2D eigenvalue weighted by Gasteiger charge is 2.45. The van der Waals surface area contributed by atoms with Crippen molar-refractivity contribution in [3.05, 3.63) is 0 Å². The van der Waals surface area contributed by atoms with Gasteiger partial charge in [0.2, 0.25) is 10.0 Å². The molecule has 0 heterocycles. The molecule has 6 heteroatoms. The number of carboxylic acid groups (broad SMARTS) is 1. The van der Waals surface area contributed by atoms with E-state index in [9.17, 15) is 18.3 Å². The molecule has 2 rings (SSSR count). The van der Waals surface area contributed by atoms with Crippen LogP contribution in [0, 0.1) is 5.92 Å². The Morgan fingerprint density at radius 3 is 2.32 bits per heavy atom. The maximum Gasteiger partial charge on any atom is 0.307 e. The molecule has 0 bridgehead atoms. The average molecular weight is 289 g/mol. The maximum absolute atomic E-state index is 12.7. The SMILES string of the molecule is CCN(C1CCCC1)S(=O)(=O)C1CCCC1C(=O)O. The Morgan fingerprint density at radius 2 is 1.79 bits per heavy atom. The third-order valence-corrected chi connectivity index (χ3v) is 7.06. The van der Waals surface area contributed by atoms with E-state index in [1.807, 2.05) is 6.92 Å². The molecule has 2 unspecified atom stereocenters. The number of sulfonamides is 1. The van der Waals surface area contributed by atoms with Crippen molar-refractivity contribution in [2.75, 3.05) is 6.54 Å². The monoisotopic (exact) mass is 289 g/mol. The predicted octanol–water partition coefficient (Wildman–Crippen LogP) is 1.83. The fraction of sp³-hybridized carbons (Fsp3) is 0.923. The van der Waals surface area contributed by atoms with Gasteiger partial charge >= 0.3 is 5.97 Å². The lowest BCUT2D eigenvalue weighted by Crippen LogP contribution is -2.46. The minimum absolute atomic E-state index is 0.0880. The molecular formula is C13H23NO4S. The van der Waals surface area contributed by atoms with Gasteiger partial charge in [0, 0.05) is 12.6 Å². The molecule has 2 aliphatic carbocycles. The lowest BCUT2D eigenvalue weighted by atomic mass is 10.1. The molecule has 19 heavy (non-hydrogen) atoms. The number of hydrogen-bond acceptors (Lipinski definition) is 3. The van der Waals surface area contributed by atoms with Gasteiger partial charge in [-0.1, -0.05) is 26.2 Å². The van der Waals surface area contributed by atoms with Gasteiger partial charge < -0.3 is 5.11 Å². The Hall–Kier alpha value is -0.620. The second-order valence-corrected chi connectivity index (χ2v) is 7.71. The van der Waals surface area contributed by atoms with Crippen LogP contribution in [0.1, 0.15) is 51.9 Å². The van der Waals surface area contributed by atoms with Crippen molar-refractivity contribution < 1.29 is 18.3 Å². The number of aliphatic carboxylic acids is 1. The van der Waals surface area contributed by atoms with Gasteiger partial charge in [-0.2, -0.15) is 4.31 Å². The lowest BCUT2D eigenvalue weighted by molar-refractivity contribution is -0.141. The van der Waals surface area contributed by atoms with Crippen LogP contribution < -0.4 is 0 Å². The number of rotatable bonds is 5. The largest absolute Gasteiger partial charge is 0.481 e. The van der Waals surface area contributed by atoms with Gasteiger partial charge in [0.1, 0.15) is 0 Å². The molecule has 1 N–H and O–H groups in total. The first-order chi connectivity index (χ1) is 8.98.